The van der Waals surface area contributed by atoms with Gasteiger partial charge in [0, 0.05) is 25.4 Å². The Bertz CT molecular complexity index is 1050. The second-order valence-corrected chi connectivity index (χ2v) is 8.35. The molecule has 1 aliphatic heterocycles. The molecule has 1 fully saturated rings. The molecular weight excluding hydrogens is 366 g/mol. The van der Waals surface area contributed by atoms with Crippen molar-refractivity contribution in [1.82, 2.24) is 9.38 Å². The average molecular weight is 393 g/mol. The quantitative estimate of drug-likeness (QED) is 0.680. The highest BCUT2D eigenvalue weighted by Gasteiger charge is 2.16. The fourth-order valence-electron chi connectivity index (χ4n) is 3.42. The molecule has 2 aromatic heterocycles. The van der Waals surface area contributed by atoms with E-state index in [0.717, 1.165) is 18.7 Å². The zero-order valence-electron chi connectivity index (χ0n) is 17.2. The summed E-state index contributed by atoms with van der Waals surface area (Å²) in [5.74, 6) is 1.27. The molecule has 0 spiro atoms. The lowest BCUT2D eigenvalue weighted by Gasteiger charge is -2.27. The van der Waals surface area contributed by atoms with Crippen LogP contribution in [0.3, 0.4) is 0 Å². The predicted octanol–water partition coefficient (Wildman–Crippen LogP) is 3.41. The Labute approximate surface area is 170 Å². The molecule has 4 rings (SSSR count). The van der Waals surface area contributed by atoms with Crippen LogP contribution < -0.4 is 15.2 Å². The highest BCUT2D eigenvalue weighted by molar-refractivity contribution is 5.57. The summed E-state index contributed by atoms with van der Waals surface area (Å²) in [7, 11) is 0. The zero-order chi connectivity index (χ0) is 20.4. The summed E-state index contributed by atoms with van der Waals surface area (Å²) in [6.07, 6.45) is 1.72. The monoisotopic (exact) mass is 393 g/mol. The van der Waals surface area contributed by atoms with E-state index in [1.807, 2.05) is 12.1 Å². The summed E-state index contributed by atoms with van der Waals surface area (Å²) in [5, 5.41) is 0. The van der Waals surface area contributed by atoms with Crippen molar-refractivity contribution in [2.45, 2.75) is 32.8 Å². The first kappa shape index (κ1) is 19.5. The zero-order valence-corrected chi connectivity index (χ0v) is 17.2. The highest BCUT2D eigenvalue weighted by atomic mass is 16.5. The SMILES string of the molecule is CC(C)(C)c1ccc(COc2cccn3c(=O)cc(N4CCOCC4)nc23)cc1. The van der Waals surface area contributed by atoms with Gasteiger partial charge < -0.3 is 14.4 Å². The van der Waals surface area contributed by atoms with Crippen molar-refractivity contribution in [2.75, 3.05) is 31.2 Å². The van der Waals surface area contributed by atoms with Crippen LogP contribution in [0.2, 0.25) is 0 Å². The largest absolute Gasteiger partial charge is 0.485 e. The number of ether oxygens (including phenoxy) is 2. The third kappa shape index (κ3) is 4.27. The molecule has 0 aliphatic carbocycles. The Morgan fingerprint density at radius 2 is 1.83 bits per heavy atom. The van der Waals surface area contributed by atoms with Gasteiger partial charge in [-0.3, -0.25) is 9.20 Å². The number of fused-ring (bicyclic) bond motifs is 1. The van der Waals surface area contributed by atoms with E-state index in [4.69, 9.17) is 14.5 Å². The first-order valence-corrected chi connectivity index (χ1v) is 9.99. The normalized spacial score (nSPS) is 14.9. The van der Waals surface area contributed by atoms with Gasteiger partial charge in [0.25, 0.3) is 5.56 Å². The van der Waals surface area contributed by atoms with Crippen LogP contribution in [0.4, 0.5) is 5.82 Å². The fourth-order valence-corrected chi connectivity index (χ4v) is 3.42. The van der Waals surface area contributed by atoms with E-state index in [1.54, 1.807) is 12.3 Å². The highest BCUT2D eigenvalue weighted by Crippen LogP contribution is 2.24. The van der Waals surface area contributed by atoms with Gasteiger partial charge in [0.1, 0.15) is 12.4 Å². The molecule has 3 aromatic rings. The molecule has 152 valence electrons. The molecule has 0 saturated carbocycles. The van der Waals surface area contributed by atoms with Gasteiger partial charge in [0.15, 0.2) is 11.4 Å². The number of rotatable bonds is 4. The summed E-state index contributed by atoms with van der Waals surface area (Å²) in [4.78, 5) is 19.4. The maximum Gasteiger partial charge on any atom is 0.260 e. The van der Waals surface area contributed by atoms with Gasteiger partial charge in [-0.15, -0.1) is 0 Å². The standard InChI is InChI=1S/C23H27N3O3/c1-23(2,3)18-8-6-17(7-9-18)16-29-19-5-4-10-26-21(27)15-20(24-22(19)26)25-11-13-28-14-12-25/h4-10,15H,11-14,16H2,1-3H3. The van der Waals surface area contributed by atoms with Crippen molar-refractivity contribution in [2.24, 2.45) is 0 Å². The van der Waals surface area contributed by atoms with Gasteiger partial charge in [0.2, 0.25) is 0 Å². The molecule has 1 aliphatic rings. The van der Waals surface area contributed by atoms with E-state index >= 15 is 0 Å². The first-order valence-electron chi connectivity index (χ1n) is 9.99. The number of hydrogen-bond donors (Lipinski definition) is 0. The Kier molecular flexibility index (Phi) is 5.28. The molecule has 0 atom stereocenters. The molecule has 0 unspecified atom stereocenters. The Balaban J connectivity index is 1.60. The average Bonchev–Trinajstić information content (AvgIpc) is 2.72. The summed E-state index contributed by atoms with van der Waals surface area (Å²) in [5.41, 5.74) is 2.90. The molecule has 0 bridgehead atoms. The van der Waals surface area contributed by atoms with Crippen LogP contribution in [0, 0.1) is 0 Å². The van der Waals surface area contributed by atoms with Crippen LogP contribution >= 0.6 is 0 Å². The van der Waals surface area contributed by atoms with Crippen LogP contribution in [0.1, 0.15) is 31.9 Å². The van der Waals surface area contributed by atoms with E-state index in [1.165, 1.54) is 9.96 Å². The lowest BCUT2D eigenvalue weighted by atomic mass is 9.87. The summed E-state index contributed by atoms with van der Waals surface area (Å²) in [6.45, 7) is 9.75. The number of anilines is 1. The lowest BCUT2D eigenvalue weighted by Crippen LogP contribution is -2.37. The van der Waals surface area contributed by atoms with E-state index < -0.39 is 0 Å². The van der Waals surface area contributed by atoms with Crippen molar-refractivity contribution in [3.8, 4) is 5.75 Å². The minimum atomic E-state index is -0.114. The topological polar surface area (TPSA) is 56.1 Å². The van der Waals surface area contributed by atoms with Crippen molar-refractivity contribution in [3.05, 3.63) is 70.1 Å². The third-order valence-electron chi connectivity index (χ3n) is 5.19. The van der Waals surface area contributed by atoms with E-state index in [2.05, 4.69) is 49.9 Å². The van der Waals surface area contributed by atoms with Gasteiger partial charge in [0.05, 0.1) is 13.2 Å². The second kappa shape index (κ2) is 7.87. The molecule has 0 amide bonds. The molecule has 29 heavy (non-hydrogen) atoms. The molecule has 3 heterocycles. The third-order valence-corrected chi connectivity index (χ3v) is 5.19. The molecule has 0 N–H and O–H groups in total. The van der Waals surface area contributed by atoms with Gasteiger partial charge in [-0.25, -0.2) is 4.98 Å². The fraction of sp³-hybridized carbons (Fsp3) is 0.391. The Morgan fingerprint density at radius 1 is 1.10 bits per heavy atom. The number of aromatic nitrogens is 2. The second-order valence-electron chi connectivity index (χ2n) is 8.35. The minimum absolute atomic E-state index is 0.114. The minimum Gasteiger partial charge on any atom is -0.485 e. The molecular formula is C23H27N3O3. The molecule has 0 radical (unpaired) electrons. The number of benzene rings is 1. The van der Waals surface area contributed by atoms with Gasteiger partial charge >= 0.3 is 0 Å². The van der Waals surface area contributed by atoms with Crippen LogP contribution in [0.25, 0.3) is 5.65 Å². The van der Waals surface area contributed by atoms with Crippen molar-refractivity contribution in [1.29, 1.82) is 0 Å². The maximum absolute atomic E-state index is 12.6. The van der Waals surface area contributed by atoms with Crippen molar-refractivity contribution in [3.63, 3.8) is 0 Å². The number of morpholine rings is 1. The smallest absolute Gasteiger partial charge is 0.260 e. The number of hydrogen-bond acceptors (Lipinski definition) is 5. The Morgan fingerprint density at radius 3 is 2.52 bits per heavy atom. The molecule has 6 heteroatoms. The first-order chi connectivity index (χ1) is 13.9. The van der Waals surface area contributed by atoms with E-state index in [0.29, 0.717) is 37.0 Å². The van der Waals surface area contributed by atoms with E-state index in [9.17, 15) is 4.79 Å². The van der Waals surface area contributed by atoms with Gasteiger partial charge in [-0.05, 0) is 28.7 Å². The van der Waals surface area contributed by atoms with Crippen LogP contribution in [0.15, 0.2) is 53.5 Å². The maximum atomic E-state index is 12.6. The van der Waals surface area contributed by atoms with Crippen molar-refractivity contribution < 1.29 is 9.47 Å². The molecule has 6 nitrogen and oxygen atoms in total. The van der Waals surface area contributed by atoms with Gasteiger partial charge in [-0.1, -0.05) is 45.0 Å². The predicted molar refractivity (Wildman–Crippen MR) is 114 cm³/mol. The molecule has 1 aromatic carbocycles. The van der Waals surface area contributed by atoms with Crippen LogP contribution in [-0.2, 0) is 16.8 Å². The number of pyridine rings is 1. The number of nitrogens with zero attached hydrogens (tertiary/aromatic N) is 3. The Hall–Kier alpha value is -2.86. The van der Waals surface area contributed by atoms with Crippen molar-refractivity contribution >= 4 is 11.5 Å². The van der Waals surface area contributed by atoms with Crippen LogP contribution in [0.5, 0.6) is 5.75 Å². The summed E-state index contributed by atoms with van der Waals surface area (Å²) < 4.78 is 13.0. The summed E-state index contributed by atoms with van der Waals surface area (Å²) in [6, 6.07) is 13.7. The van der Waals surface area contributed by atoms with Crippen LogP contribution in [-0.4, -0.2) is 35.7 Å². The lowest BCUT2D eigenvalue weighted by molar-refractivity contribution is 0.122. The molecule has 1 saturated heterocycles. The summed E-state index contributed by atoms with van der Waals surface area (Å²) >= 11 is 0. The van der Waals surface area contributed by atoms with Gasteiger partial charge in [-0.2, -0.15) is 0 Å². The van der Waals surface area contributed by atoms with E-state index in [-0.39, 0.29) is 11.0 Å².